The molecule has 5 heteroatoms. The molecule has 0 N–H and O–H groups in total. The summed E-state index contributed by atoms with van der Waals surface area (Å²) in [5.41, 5.74) is 0. The third-order valence-corrected chi connectivity index (χ3v) is 0. The third kappa shape index (κ3) is 18.6. The van der Waals surface area contributed by atoms with E-state index in [1.807, 2.05) is 0 Å². The quantitative estimate of drug-likeness (QED) is 0.532. The first-order chi connectivity index (χ1) is 0. The molecule has 0 aromatic carbocycles. The predicted octanol–water partition coefficient (Wildman–Crippen LogP) is -0.660. The molecule has 0 heterocycles. The van der Waals surface area contributed by atoms with Crippen molar-refractivity contribution in [1.82, 2.24) is 0 Å². The van der Waals surface area contributed by atoms with Crippen molar-refractivity contribution in [2.75, 3.05) is 0 Å². The fourth-order valence-electron chi connectivity index (χ4n) is 0. The van der Waals surface area contributed by atoms with Crippen LogP contribution in [0.1, 0.15) is 2.85 Å². The average molecular weight is 309 g/mol. The van der Waals surface area contributed by atoms with E-state index in [0.717, 1.165) is 0 Å². The maximum Gasteiger partial charge on any atom is 2.00 e. The Hall–Kier alpha value is 3.44. The summed E-state index contributed by atoms with van der Waals surface area (Å²) in [5.74, 6) is 0. The van der Waals surface area contributed by atoms with Crippen LogP contribution in [-0.2, 0) is 42.0 Å². The molecule has 0 amide bonds. The van der Waals surface area contributed by atoms with E-state index in [9.17, 15) is 0 Å². The first kappa shape index (κ1) is 39.5. The average Bonchev–Trinajstić information content (AvgIpc) is 0. The molecule has 0 saturated carbocycles. The van der Waals surface area contributed by atoms with E-state index in [0.29, 0.717) is 0 Å². The van der Waals surface area contributed by atoms with Gasteiger partial charge in [-0.05, 0) is 0 Å². The van der Waals surface area contributed by atoms with Gasteiger partial charge in [-0.25, -0.2) is 0 Å². The van der Waals surface area contributed by atoms with E-state index in [1.165, 1.54) is 0 Å². The molecule has 0 unspecified atom stereocenters. The van der Waals surface area contributed by atoms with Crippen LogP contribution < -0.4 is 0 Å². The summed E-state index contributed by atoms with van der Waals surface area (Å²) in [4.78, 5) is 0. The SMILES string of the molecule is [Ba+2].[Cu].[H-].[H-].[Mg+2].[O-2].[Zn]. The smallest absolute Gasteiger partial charge is 2.00 e. The first-order valence-corrected chi connectivity index (χ1v) is 0. The second-order valence-corrected chi connectivity index (χ2v) is 0. The summed E-state index contributed by atoms with van der Waals surface area (Å²) < 4.78 is 0. The molecular weight excluding hydrogens is 307 g/mol. The minimum absolute atomic E-state index is 0. The Balaban J connectivity index is 0. The Kier molecular flexibility index (Phi) is 206. The normalized spacial score (nSPS) is 0. The van der Waals surface area contributed by atoms with Gasteiger partial charge in [-0.3, -0.25) is 0 Å². The second kappa shape index (κ2) is 26.1. The summed E-state index contributed by atoms with van der Waals surface area (Å²) in [5, 5.41) is 0. The van der Waals surface area contributed by atoms with Crippen molar-refractivity contribution in [3.8, 4) is 0 Å². The van der Waals surface area contributed by atoms with Crippen LogP contribution in [0.2, 0.25) is 0 Å². The van der Waals surface area contributed by atoms with Gasteiger partial charge in [-0.1, -0.05) is 0 Å². The summed E-state index contributed by atoms with van der Waals surface area (Å²) in [6.07, 6.45) is 0. The summed E-state index contributed by atoms with van der Waals surface area (Å²) in [7, 11) is 0. The van der Waals surface area contributed by atoms with Gasteiger partial charge in [0.1, 0.15) is 0 Å². The Morgan fingerprint density at radius 1 is 1.20 bits per heavy atom. The van der Waals surface area contributed by atoms with Crippen LogP contribution in [0.25, 0.3) is 0 Å². The molecule has 1 radical (unpaired) electrons. The van der Waals surface area contributed by atoms with Gasteiger partial charge < -0.3 is 8.33 Å². The van der Waals surface area contributed by atoms with Gasteiger partial charge in [0.05, 0.1) is 0 Å². The number of hydrogen-bond acceptors (Lipinski definition) is 0. The Bertz CT molecular complexity index is 17.7. The topological polar surface area (TPSA) is 28.5 Å². The molecule has 1 nitrogen and oxygen atoms in total. The second-order valence-electron chi connectivity index (χ2n) is 0. The maximum atomic E-state index is 0. The molecule has 0 saturated heterocycles. The van der Waals surface area contributed by atoms with Crippen LogP contribution in [0.15, 0.2) is 0 Å². The molecule has 0 aliphatic rings. The Morgan fingerprint density at radius 2 is 1.20 bits per heavy atom. The van der Waals surface area contributed by atoms with Crippen LogP contribution in [0.4, 0.5) is 0 Å². The number of hydrogen-bond donors (Lipinski definition) is 0. The molecule has 0 aromatic heterocycles. The minimum atomic E-state index is 0. The van der Waals surface area contributed by atoms with E-state index in [-0.39, 0.29) is 117 Å². The van der Waals surface area contributed by atoms with Crippen molar-refractivity contribution in [1.29, 1.82) is 0 Å². The van der Waals surface area contributed by atoms with Crippen LogP contribution >= 0.6 is 0 Å². The van der Waals surface area contributed by atoms with E-state index in [1.54, 1.807) is 0 Å². The van der Waals surface area contributed by atoms with E-state index < -0.39 is 0 Å². The van der Waals surface area contributed by atoms with E-state index in [2.05, 4.69) is 0 Å². The van der Waals surface area contributed by atoms with Crippen molar-refractivity contribution in [3.05, 3.63) is 0 Å². The molecule has 25 valence electrons. The van der Waals surface area contributed by atoms with Gasteiger partial charge in [0.2, 0.25) is 0 Å². The van der Waals surface area contributed by atoms with Crippen molar-refractivity contribution < 1.29 is 44.9 Å². The molecule has 5 heavy (non-hydrogen) atoms. The van der Waals surface area contributed by atoms with Crippen LogP contribution in [0, 0.1) is 0 Å². The Morgan fingerprint density at radius 3 is 1.20 bits per heavy atom. The molecular formula is H2BaCuMgOZn. The fourth-order valence-corrected chi connectivity index (χ4v) is 0. The standard InChI is InChI=1S/Ba.Cu.Mg.O.Zn.2H/q+2;;+2;-2;;2*-1. The van der Waals surface area contributed by atoms with Gasteiger partial charge in [-0.2, -0.15) is 0 Å². The zero-order chi connectivity index (χ0) is 0. The van der Waals surface area contributed by atoms with Crippen molar-refractivity contribution in [3.63, 3.8) is 0 Å². The largest absolute Gasteiger partial charge is 2.00 e. The Labute approximate surface area is 114 Å². The third-order valence-electron chi connectivity index (χ3n) is 0. The monoisotopic (exact) mass is 307 g/mol. The van der Waals surface area contributed by atoms with E-state index in [4.69, 9.17) is 0 Å². The van der Waals surface area contributed by atoms with E-state index >= 15 is 0 Å². The molecule has 0 aromatic rings. The fraction of sp³-hybridized carbons (Fsp3) is 0. The zero-order valence-electron chi connectivity index (χ0n) is 4.83. The number of rotatable bonds is 0. The van der Waals surface area contributed by atoms with Gasteiger partial charge >= 0.3 is 71.9 Å². The van der Waals surface area contributed by atoms with Crippen molar-refractivity contribution in [2.24, 2.45) is 0 Å². The summed E-state index contributed by atoms with van der Waals surface area (Å²) >= 11 is 0. The molecule has 0 spiro atoms. The maximum absolute atomic E-state index is 0. The summed E-state index contributed by atoms with van der Waals surface area (Å²) in [6, 6.07) is 0. The van der Waals surface area contributed by atoms with Crippen molar-refractivity contribution >= 4 is 71.9 Å². The van der Waals surface area contributed by atoms with Gasteiger partial charge in [0.15, 0.2) is 0 Å². The first-order valence-electron chi connectivity index (χ1n) is 0. The van der Waals surface area contributed by atoms with Crippen LogP contribution in [0.3, 0.4) is 0 Å². The summed E-state index contributed by atoms with van der Waals surface area (Å²) in [6.45, 7) is 0. The molecule has 0 bridgehead atoms. The van der Waals surface area contributed by atoms with Gasteiger partial charge in [-0.15, -0.1) is 0 Å². The predicted molar refractivity (Wildman–Crippen MR) is 14.4 cm³/mol. The zero-order valence-corrected chi connectivity index (χ0v) is 12.6. The molecule has 0 aliphatic heterocycles. The van der Waals surface area contributed by atoms with Gasteiger partial charge in [0, 0.05) is 36.5 Å². The molecule has 0 atom stereocenters. The molecule has 0 rings (SSSR count). The van der Waals surface area contributed by atoms with Gasteiger partial charge in [0.25, 0.3) is 0 Å². The van der Waals surface area contributed by atoms with Crippen molar-refractivity contribution in [2.45, 2.75) is 0 Å². The van der Waals surface area contributed by atoms with Crippen LogP contribution in [0.5, 0.6) is 0 Å². The molecule has 0 aliphatic carbocycles. The minimum Gasteiger partial charge on any atom is -2.00 e. The van der Waals surface area contributed by atoms with Crippen LogP contribution in [-0.4, -0.2) is 71.9 Å². The molecule has 0 fully saturated rings.